The fraction of sp³-hybridized carbons (Fsp3) is 0.0833. The number of rotatable bonds is 5. The third-order valence-corrected chi connectivity index (χ3v) is 10.6. The van der Waals surface area contributed by atoms with Gasteiger partial charge in [-0.1, -0.05) is 89.1 Å². The first-order chi connectivity index (χ1) is 25.9. The van der Waals surface area contributed by atoms with Gasteiger partial charge in [-0.05, 0) is 107 Å². The van der Waals surface area contributed by atoms with Crippen molar-refractivity contribution in [1.29, 1.82) is 0 Å². The average Bonchev–Trinajstić information content (AvgIpc) is 3.79. The third-order valence-electron chi connectivity index (χ3n) is 10.6. The smallest absolute Gasteiger partial charge is 0.503 e. The molecule has 6 heteroatoms. The second kappa shape index (κ2) is 13.1. The second-order valence-electron chi connectivity index (χ2n) is 13.9. The molecule has 10 rings (SSSR count). The van der Waals surface area contributed by atoms with Gasteiger partial charge in [0, 0.05) is 41.1 Å². The summed E-state index contributed by atoms with van der Waals surface area (Å²) in [7, 11) is 0. The Morgan fingerprint density at radius 2 is 1.19 bits per heavy atom. The molecule has 10 aromatic rings. The molecule has 4 heterocycles. The van der Waals surface area contributed by atoms with Crippen LogP contribution >= 0.6 is 0 Å². The zero-order valence-corrected chi connectivity index (χ0v) is 32.5. The zero-order chi connectivity index (χ0) is 35.8. The maximum Gasteiger partial charge on any atom is 2.00 e. The molecule has 6 aromatic carbocycles. The average molecular weight is 878 g/mol. The number of aromatic nitrogens is 4. The van der Waals surface area contributed by atoms with Crippen LogP contribution in [0.5, 0.6) is 11.5 Å². The minimum absolute atomic E-state index is 0. The van der Waals surface area contributed by atoms with Gasteiger partial charge in [-0.2, -0.15) is 6.07 Å². The number of aryl methyl sites for hydroxylation is 4. The molecule has 5 nitrogen and oxygen atoms in total. The molecule has 4 aromatic heterocycles. The minimum atomic E-state index is 0. The number of hydrogen-bond donors (Lipinski definition) is 0. The summed E-state index contributed by atoms with van der Waals surface area (Å²) in [6.07, 6.45) is 5.73. The number of pyridine rings is 2. The Kier molecular flexibility index (Phi) is 8.21. The van der Waals surface area contributed by atoms with Crippen LogP contribution in [0.3, 0.4) is 0 Å². The molecule has 0 radical (unpaired) electrons. The van der Waals surface area contributed by atoms with E-state index in [0.29, 0.717) is 11.5 Å². The normalized spacial score (nSPS) is 11.6. The van der Waals surface area contributed by atoms with Crippen molar-refractivity contribution in [2.75, 3.05) is 0 Å². The van der Waals surface area contributed by atoms with Gasteiger partial charge in [-0.15, -0.1) is 29.7 Å². The fourth-order valence-corrected chi connectivity index (χ4v) is 8.29. The van der Waals surface area contributed by atoms with E-state index in [4.69, 9.17) is 9.72 Å². The zero-order valence-electron chi connectivity index (χ0n) is 30.2. The van der Waals surface area contributed by atoms with Crippen molar-refractivity contribution in [2.24, 2.45) is 0 Å². The van der Waals surface area contributed by atoms with E-state index in [1.165, 1.54) is 44.5 Å². The Labute approximate surface area is 327 Å². The minimum Gasteiger partial charge on any atom is -0.503 e. The van der Waals surface area contributed by atoms with E-state index < -0.39 is 0 Å². The van der Waals surface area contributed by atoms with Crippen LogP contribution in [-0.4, -0.2) is 18.9 Å². The van der Waals surface area contributed by atoms with Crippen molar-refractivity contribution in [1.82, 2.24) is 18.9 Å². The van der Waals surface area contributed by atoms with E-state index in [1.807, 2.05) is 48.9 Å². The van der Waals surface area contributed by atoms with E-state index in [-0.39, 0.29) is 21.1 Å². The first-order valence-electron chi connectivity index (χ1n) is 17.9. The molecule has 0 N–H and O–H groups in total. The van der Waals surface area contributed by atoms with Crippen molar-refractivity contribution < 1.29 is 25.8 Å². The van der Waals surface area contributed by atoms with Crippen LogP contribution < -0.4 is 4.74 Å². The van der Waals surface area contributed by atoms with Crippen LogP contribution in [0, 0.1) is 39.8 Å². The number of imidazole rings is 1. The summed E-state index contributed by atoms with van der Waals surface area (Å²) >= 11 is 0. The van der Waals surface area contributed by atoms with Crippen LogP contribution in [0.4, 0.5) is 0 Å². The van der Waals surface area contributed by atoms with Gasteiger partial charge in [-0.25, -0.2) is 4.98 Å². The summed E-state index contributed by atoms with van der Waals surface area (Å²) in [6.45, 7) is 8.83. The van der Waals surface area contributed by atoms with Gasteiger partial charge in [0.25, 0.3) is 0 Å². The second-order valence-corrected chi connectivity index (χ2v) is 13.9. The van der Waals surface area contributed by atoms with E-state index in [2.05, 4.69) is 139 Å². The number of ether oxygens (including phenoxy) is 1. The molecule has 0 spiro atoms. The Balaban J connectivity index is 0.00000384. The number of nitrogens with zero attached hydrogens (tertiary/aromatic N) is 4. The van der Waals surface area contributed by atoms with Crippen LogP contribution in [0.1, 0.15) is 22.3 Å². The van der Waals surface area contributed by atoms with Gasteiger partial charge >= 0.3 is 21.1 Å². The summed E-state index contributed by atoms with van der Waals surface area (Å²) < 4.78 is 10.9. The predicted octanol–water partition coefficient (Wildman–Crippen LogP) is 12.1. The molecule has 54 heavy (non-hydrogen) atoms. The maximum absolute atomic E-state index is 6.56. The largest absolute Gasteiger partial charge is 2.00 e. The molecule has 0 aliphatic rings. The van der Waals surface area contributed by atoms with Gasteiger partial charge < -0.3 is 13.7 Å². The van der Waals surface area contributed by atoms with Crippen molar-refractivity contribution >= 4 is 49.1 Å². The topological polar surface area (TPSA) is 44.3 Å². The van der Waals surface area contributed by atoms with Crippen molar-refractivity contribution in [3.63, 3.8) is 0 Å². The molecule has 0 aliphatic heterocycles. The van der Waals surface area contributed by atoms with E-state index >= 15 is 0 Å². The van der Waals surface area contributed by atoms with E-state index in [9.17, 15) is 0 Å². The number of hydrogen-bond acceptors (Lipinski definition) is 3. The van der Waals surface area contributed by atoms with Gasteiger partial charge in [0.1, 0.15) is 5.82 Å². The van der Waals surface area contributed by atoms with Gasteiger partial charge in [-0.3, -0.25) is 4.98 Å². The standard InChI is InChI=1S/C48H34N4O.Pt/c1-29-11-9-12-30(2)46(29)39-27-38-35-20-18-33(25-41(35)48-50-23-24-51(48)43(38)28-40(39)47-31(3)13-10-14-32(47)4)53-34-19-21-37-36-15-5-6-16-42(36)52(44(37)26-34)45-17-7-8-22-49-45;/h5-24,27-28H,1-4H3;/q-2;+2. The Morgan fingerprint density at radius 1 is 0.537 bits per heavy atom. The molecule has 262 valence electrons. The van der Waals surface area contributed by atoms with E-state index in [1.54, 1.807) is 0 Å². The van der Waals surface area contributed by atoms with Crippen LogP contribution in [0.2, 0.25) is 0 Å². The molecule has 0 saturated heterocycles. The predicted molar refractivity (Wildman–Crippen MR) is 216 cm³/mol. The molecule has 0 saturated carbocycles. The molecule has 0 aliphatic carbocycles. The van der Waals surface area contributed by atoms with Crippen LogP contribution in [-0.2, 0) is 21.1 Å². The first kappa shape index (κ1) is 33.8. The summed E-state index contributed by atoms with van der Waals surface area (Å²) in [5.41, 5.74) is 13.9. The van der Waals surface area contributed by atoms with Crippen molar-refractivity contribution in [3.8, 4) is 39.6 Å². The summed E-state index contributed by atoms with van der Waals surface area (Å²) in [6, 6.07) is 47.6. The molecule has 0 fully saturated rings. The SMILES string of the molecule is Cc1cccc(C)c1-c1cc2c3ccc(Oc4[c-]c5c(cc4)c4ccccc4n5-c4ccccn4)[c-]c3c3nccn3c2cc1-c1c(C)cccc1C.[Pt+2]. The van der Waals surface area contributed by atoms with Gasteiger partial charge in [0.15, 0.2) is 0 Å². The number of para-hydroxylation sites is 1. The van der Waals surface area contributed by atoms with Crippen LogP contribution in [0.15, 0.2) is 134 Å². The Hall–Kier alpha value is -6.03. The summed E-state index contributed by atoms with van der Waals surface area (Å²) in [5, 5.41) is 5.33. The number of fused-ring (bicyclic) bond motifs is 9. The van der Waals surface area contributed by atoms with Gasteiger partial charge in [0.05, 0.1) is 5.65 Å². The summed E-state index contributed by atoms with van der Waals surface area (Å²) in [5.74, 6) is 2.03. The molecule has 0 atom stereocenters. The number of benzene rings is 6. The quantitative estimate of drug-likeness (QED) is 0.128. The molecule has 0 amide bonds. The van der Waals surface area contributed by atoms with Crippen LogP contribution in [0.25, 0.3) is 77.2 Å². The first-order valence-corrected chi connectivity index (χ1v) is 17.9. The molecule has 0 unspecified atom stereocenters. The Bertz CT molecular complexity index is 3050. The molecule has 0 bridgehead atoms. The van der Waals surface area contributed by atoms with Crippen molar-refractivity contribution in [2.45, 2.75) is 27.7 Å². The van der Waals surface area contributed by atoms with Crippen molar-refractivity contribution in [3.05, 3.63) is 168 Å². The van der Waals surface area contributed by atoms with Gasteiger partial charge in [0.2, 0.25) is 0 Å². The summed E-state index contributed by atoms with van der Waals surface area (Å²) in [4.78, 5) is 9.53. The Morgan fingerprint density at radius 3 is 1.89 bits per heavy atom. The van der Waals surface area contributed by atoms with E-state index in [0.717, 1.165) is 54.9 Å². The monoisotopic (exact) mass is 877 g/mol. The molecular weight excluding hydrogens is 844 g/mol. The fourth-order valence-electron chi connectivity index (χ4n) is 8.29. The third kappa shape index (κ3) is 5.26. The molecular formula is C48H34N4OPt. The maximum atomic E-state index is 6.56.